The number of ether oxygens (including phenoxy) is 1. The minimum atomic E-state index is 0.127. The summed E-state index contributed by atoms with van der Waals surface area (Å²) in [4.78, 5) is 0. The predicted octanol–water partition coefficient (Wildman–Crippen LogP) is 0.829. The van der Waals surface area contributed by atoms with Crippen LogP contribution in [0.4, 0.5) is 0 Å². The van der Waals surface area contributed by atoms with Gasteiger partial charge in [0.25, 0.3) is 0 Å². The van der Waals surface area contributed by atoms with Crippen molar-refractivity contribution in [1.82, 2.24) is 10.7 Å². The number of aromatic hydroxyl groups is 1. The van der Waals surface area contributed by atoms with Crippen molar-refractivity contribution in [3.8, 4) is 11.5 Å². The molecule has 1 aromatic carbocycles. The van der Waals surface area contributed by atoms with Crippen LogP contribution in [-0.4, -0.2) is 30.6 Å². The number of hydrogen-bond acceptors (Lipinski definition) is 4. The summed E-state index contributed by atoms with van der Waals surface area (Å²) in [5.41, 5.74) is 3.13. The number of nitrogens with zero attached hydrogens (tertiary/aromatic N) is 1. The molecule has 0 saturated carbocycles. The highest BCUT2D eigenvalue weighted by Crippen LogP contribution is 2.20. The molecule has 0 aliphatic carbocycles. The molecule has 0 aliphatic heterocycles. The van der Waals surface area contributed by atoms with Crippen LogP contribution in [0.1, 0.15) is 5.56 Å². The average Bonchev–Trinajstić information content (AvgIpc) is 2.31. The number of hydrogen-bond donors (Lipinski definition) is 3. The molecule has 86 valence electrons. The third-order valence-electron chi connectivity index (χ3n) is 1.83. The van der Waals surface area contributed by atoms with Crippen LogP contribution >= 0.6 is 12.2 Å². The number of hydrazone groups is 1. The number of thiocarbonyl (C=S) groups is 1. The maximum atomic E-state index is 9.53. The van der Waals surface area contributed by atoms with Gasteiger partial charge in [0.2, 0.25) is 0 Å². The lowest BCUT2D eigenvalue weighted by Crippen LogP contribution is -2.28. The molecular weight excluding hydrogens is 226 g/mol. The highest BCUT2D eigenvalue weighted by molar-refractivity contribution is 7.80. The van der Waals surface area contributed by atoms with Gasteiger partial charge in [0.1, 0.15) is 11.5 Å². The number of methoxy groups -OCH3 is 1. The van der Waals surface area contributed by atoms with Crippen LogP contribution in [0.2, 0.25) is 0 Å². The molecule has 0 spiro atoms. The fraction of sp³-hybridized carbons (Fsp3) is 0.200. The molecule has 1 aromatic rings. The Morgan fingerprint density at radius 2 is 2.31 bits per heavy atom. The second-order valence-corrected chi connectivity index (χ2v) is 3.28. The van der Waals surface area contributed by atoms with Crippen LogP contribution in [0.15, 0.2) is 23.3 Å². The van der Waals surface area contributed by atoms with E-state index in [-0.39, 0.29) is 5.75 Å². The van der Waals surface area contributed by atoms with Crippen LogP contribution in [0.25, 0.3) is 0 Å². The Morgan fingerprint density at radius 1 is 1.56 bits per heavy atom. The Labute approximate surface area is 99.1 Å². The molecule has 3 N–H and O–H groups in total. The molecule has 0 heterocycles. The smallest absolute Gasteiger partial charge is 0.186 e. The number of benzene rings is 1. The molecule has 0 aliphatic rings. The normalized spacial score (nSPS) is 10.1. The van der Waals surface area contributed by atoms with Crippen molar-refractivity contribution in [1.29, 1.82) is 0 Å². The molecular formula is C10H13N3O2S. The van der Waals surface area contributed by atoms with E-state index in [0.29, 0.717) is 16.4 Å². The van der Waals surface area contributed by atoms with Gasteiger partial charge >= 0.3 is 0 Å². The van der Waals surface area contributed by atoms with Gasteiger partial charge in [0, 0.05) is 12.6 Å². The summed E-state index contributed by atoms with van der Waals surface area (Å²) in [7, 11) is 3.25. The van der Waals surface area contributed by atoms with Gasteiger partial charge < -0.3 is 15.2 Å². The molecule has 0 unspecified atom stereocenters. The van der Waals surface area contributed by atoms with E-state index in [1.807, 2.05) is 0 Å². The van der Waals surface area contributed by atoms with Crippen LogP contribution in [0, 0.1) is 0 Å². The fourth-order valence-electron chi connectivity index (χ4n) is 0.979. The lowest BCUT2D eigenvalue weighted by molar-refractivity contribution is 0.412. The largest absolute Gasteiger partial charge is 0.507 e. The number of rotatable bonds is 3. The Kier molecular flexibility index (Phi) is 4.53. The van der Waals surface area contributed by atoms with Gasteiger partial charge in [-0.05, 0) is 30.4 Å². The maximum absolute atomic E-state index is 9.53. The maximum Gasteiger partial charge on any atom is 0.186 e. The fourth-order valence-corrected chi connectivity index (χ4v) is 1.03. The number of phenols is 1. The third-order valence-corrected chi connectivity index (χ3v) is 2.13. The molecule has 16 heavy (non-hydrogen) atoms. The first-order valence-electron chi connectivity index (χ1n) is 4.55. The van der Waals surface area contributed by atoms with Crippen molar-refractivity contribution in [3.05, 3.63) is 23.8 Å². The van der Waals surface area contributed by atoms with Crippen molar-refractivity contribution in [2.24, 2.45) is 5.10 Å². The van der Waals surface area contributed by atoms with Crippen LogP contribution in [0.5, 0.6) is 11.5 Å². The van der Waals surface area contributed by atoms with E-state index in [0.717, 1.165) is 0 Å². The van der Waals surface area contributed by atoms with Crippen LogP contribution in [0.3, 0.4) is 0 Å². The summed E-state index contributed by atoms with van der Waals surface area (Å²) in [5.74, 6) is 0.775. The quantitative estimate of drug-likeness (QED) is 0.414. The predicted molar refractivity (Wildman–Crippen MR) is 67.0 cm³/mol. The van der Waals surface area contributed by atoms with Crippen molar-refractivity contribution in [2.75, 3.05) is 14.2 Å². The van der Waals surface area contributed by atoms with E-state index < -0.39 is 0 Å². The zero-order valence-electron chi connectivity index (χ0n) is 9.02. The zero-order chi connectivity index (χ0) is 12.0. The van der Waals surface area contributed by atoms with Crippen LogP contribution < -0.4 is 15.5 Å². The molecule has 0 aromatic heterocycles. The standard InChI is InChI=1S/C10H13N3O2S/c1-11-10(16)13-12-6-7-5-8(15-2)3-4-9(7)14/h3-6,14H,1-2H3,(H2,11,13,16). The highest BCUT2D eigenvalue weighted by atomic mass is 32.1. The summed E-state index contributed by atoms with van der Waals surface area (Å²) in [5, 5.41) is 16.5. The van der Waals surface area contributed by atoms with E-state index >= 15 is 0 Å². The van der Waals surface area contributed by atoms with E-state index in [2.05, 4.69) is 15.8 Å². The highest BCUT2D eigenvalue weighted by Gasteiger charge is 2.00. The van der Waals surface area contributed by atoms with E-state index in [1.54, 1.807) is 26.3 Å². The minimum Gasteiger partial charge on any atom is -0.507 e. The van der Waals surface area contributed by atoms with Crippen molar-refractivity contribution >= 4 is 23.5 Å². The van der Waals surface area contributed by atoms with Gasteiger partial charge in [0.15, 0.2) is 5.11 Å². The number of nitrogens with one attached hydrogen (secondary N) is 2. The molecule has 0 saturated heterocycles. The van der Waals surface area contributed by atoms with Crippen molar-refractivity contribution < 1.29 is 9.84 Å². The Bertz CT molecular complexity index is 407. The first-order valence-corrected chi connectivity index (χ1v) is 4.96. The average molecular weight is 239 g/mol. The Balaban J connectivity index is 2.75. The van der Waals surface area contributed by atoms with Gasteiger partial charge in [-0.3, -0.25) is 5.43 Å². The van der Waals surface area contributed by atoms with E-state index in [9.17, 15) is 5.11 Å². The first-order chi connectivity index (χ1) is 7.67. The minimum absolute atomic E-state index is 0.127. The summed E-state index contributed by atoms with van der Waals surface area (Å²) in [6.07, 6.45) is 1.46. The third kappa shape index (κ3) is 3.39. The van der Waals surface area contributed by atoms with E-state index in [1.165, 1.54) is 12.3 Å². The molecule has 0 radical (unpaired) electrons. The van der Waals surface area contributed by atoms with Gasteiger partial charge in [-0.15, -0.1) is 0 Å². The summed E-state index contributed by atoms with van der Waals surface area (Å²) < 4.78 is 5.03. The van der Waals surface area contributed by atoms with Gasteiger partial charge in [-0.25, -0.2) is 0 Å². The van der Waals surface area contributed by atoms with Crippen molar-refractivity contribution in [3.63, 3.8) is 0 Å². The second kappa shape index (κ2) is 5.92. The summed E-state index contributed by atoms with van der Waals surface area (Å²) in [6.45, 7) is 0. The monoisotopic (exact) mass is 239 g/mol. The number of phenolic OH excluding ortho intramolecular Hbond substituents is 1. The molecule has 0 amide bonds. The summed E-state index contributed by atoms with van der Waals surface area (Å²) >= 11 is 4.83. The zero-order valence-corrected chi connectivity index (χ0v) is 9.84. The second-order valence-electron chi connectivity index (χ2n) is 2.87. The topological polar surface area (TPSA) is 65.9 Å². The van der Waals surface area contributed by atoms with Crippen molar-refractivity contribution in [2.45, 2.75) is 0 Å². The Hall–Kier alpha value is -1.82. The first kappa shape index (κ1) is 12.3. The van der Waals surface area contributed by atoms with Gasteiger partial charge in [0.05, 0.1) is 13.3 Å². The molecule has 1 rings (SSSR count). The lowest BCUT2D eigenvalue weighted by Gasteiger charge is -2.03. The lowest BCUT2D eigenvalue weighted by atomic mass is 10.2. The van der Waals surface area contributed by atoms with Gasteiger partial charge in [-0.1, -0.05) is 0 Å². The molecule has 6 heteroatoms. The van der Waals surface area contributed by atoms with E-state index in [4.69, 9.17) is 17.0 Å². The molecule has 0 bridgehead atoms. The molecule has 0 atom stereocenters. The Morgan fingerprint density at radius 3 is 2.94 bits per heavy atom. The summed E-state index contributed by atoms with van der Waals surface area (Å²) in [6, 6.07) is 4.87. The van der Waals surface area contributed by atoms with Gasteiger partial charge in [-0.2, -0.15) is 5.10 Å². The van der Waals surface area contributed by atoms with Crippen LogP contribution in [-0.2, 0) is 0 Å². The molecule has 5 nitrogen and oxygen atoms in total. The SMILES string of the molecule is CNC(=S)NN=Cc1cc(OC)ccc1O. The molecule has 0 fully saturated rings.